The Balaban J connectivity index is 1.90. The van der Waals surface area contributed by atoms with Crippen molar-refractivity contribution in [2.75, 3.05) is 5.32 Å². The summed E-state index contributed by atoms with van der Waals surface area (Å²) >= 11 is 5.16. The van der Waals surface area contributed by atoms with Gasteiger partial charge in [0, 0.05) is 5.69 Å². The minimum absolute atomic E-state index is 0.188. The fourth-order valence-corrected chi connectivity index (χ4v) is 2.53. The molecule has 0 fully saturated rings. The van der Waals surface area contributed by atoms with E-state index in [4.69, 9.17) is 17.3 Å². The molecule has 0 unspecified atom stereocenters. The lowest BCUT2D eigenvalue weighted by Gasteiger charge is -2.07. The van der Waals surface area contributed by atoms with Crippen LogP contribution in [0.5, 0.6) is 0 Å². The Labute approximate surface area is 164 Å². The molecule has 2 aromatic rings. The molecule has 0 aliphatic heterocycles. The predicted molar refractivity (Wildman–Crippen MR) is 115 cm³/mol. The highest BCUT2D eigenvalue weighted by Crippen LogP contribution is 2.16. The monoisotopic (exact) mass is 381 g/mol. The molecule has 0 saturated carbocycles. The van der Waals surface area contributed by atoms with Crippen molar-refractivity contribution in [3.8, 4) is 0 Å². The number of nitrogens with zero attached hydrogens (tertiary/aromatic N) is 1. The van der Waals surface area contributed by atoms with E-state index < -0.39 is 5.97 Å². The van der Waals surface area contributed by atoms with Crippen LogP contribution < -0.4 is 10.7 Å². The lowest BCUT2D eigenvalue weighted by atomic mass is 10.0. The minimum Gasteiger partial charge on any atom is -0.478 e. The number of hydrogen-bond acceptors (Lipinski definition) is 3. The van der Waals surface area contributed by atoms with E-state index in [2.05, 4.69) is 54.0 Å². The van der Waals surface area contributed by atoms with Crippen LogP contribution >= 0.6 is 12.2 Å². The molecule has 5 nitrogen and oxygen atoms in total. The zero-order valence-corrected chi connectivity index (χ0v) is 16.4. The molecule has 0 saturated heterocycles. The fourth-order valence-electron chi connectivity index (χ4n) is 2.36. The summed E-state index contributed by atoms with van der Waals surface area (Å²) in [4.78, 5) is 11.0. The molecule has 3 N–H and O–H groups in total. The van der Waals surface area contributed by atoms with E-state index in [-0.39, 0.29) is 10.7 Å². The van der Waals surface area contributed by atoms with Crippen LogP contribution in [0.15, 0.2) is 59.2 Å². The van der Waals surface area contributed by atoms with Crippen molar-refractivity contribution in [3.05, 3.63) is 70.8 Å². The van der Waals surface area contributed by atoms with E-state index in [1.54, 1.807) is 18.3 Å². The maximum Gasteiger partial charge on any atom is 0.335 e. The van der Waals surface area contributed by atoms with Crippen molar-refractivity contribution in [3.63, 3.8) is 0 Å². The largest absolute Gasteiger partial charge is 0.478 e. The Morgan fingerprint density at radius 2 is 1.89 bits per heavy atom. The maximum absolute atomic E-state index is 11.0. The number of carbonyl (C=O) groups is 1. The summed E-state index contributed by atoms with van der Waals surface area (Å²) in [6.45, 7) is 6.29. The van der Waals surface area contributed by atoms with E-state index in [1.165, 1.54) is 17.7 Å². The molecule has 0 radical (unpaired) electrons. The highest BCUT2D eigenvalue weighted by molar-refractivity contribution is 7.80. The summed E-state index contributed by atoms with van der Waals surface area (Å²) in [6, 6.07) is 14.8. The SMILES string of the molecule is C/C(C=NNC(=S)Nc1cccc(C(=O)O)c1)=C/c1ccc(C(C)C)cc1. The molecule has 0 amide bonds. The molecule has 0 heterocycles. The number of hydrogen-bond donors (Lipinski definition) is 3. The highest BCUT2D eigenvalue weighted by Gasteiger charge is 2.04. The number of rotatable bonds is 6. The maximum atomic E-state index is 11.0. The molecule has 0 spiro atoms. The van der Waals surface area contributed by atoms with Gasteiger partial charge in [-0.05, 0) is 60.0 Å². The molecule has 6 heteroatoms. The average Bonchev–Trinajstić information content (AvgIpc) is 2.62. The minimum atomic E-state index is -0.988. The number of anilines is 1. The van der Waals surface area contributed by atoms with Gasteiger partial charge in [-0.25, -0.2) is 4.79 Å². The number of benzene rings is 2. The average molecular weight is 382 g/mol. The van der Waals surface area contributed by atoms with Crippen LogP contribution in [0.25, 0.3) is 6.08 Å². The molecule has 0 aliphatic carbocycles. The zero-order chi connectivity index (χ0) is 19.8. The number of hydrazone groups is 1. The first-order valence-corrected chi connectivity index (χ1v) is 8.97. The Kier molecular flexibility index (Phi) is 7.25. The first kappa shape index (κ1) is 20.3. The number of nitrogens with one attached hydrogen (secondary N) is 2. The second-order valence-corrected chi connectivity index (χ2v) is 6.83. The number of carboxylic acids is 1. The Morgan fingerprint density at radius 3 is 2.52 bits per heavy atom. The van der Waals surface area contributed by atoms with Crippen molar-refractivity contribution in [2.24, 2.45) is 5.10 Å². The van der Waals surface area contributed by atoms with Crippen LogP contribution in [0.4, 0.5) is 5.69 Å². The van der Waals surface area contributed by atoms with Crippen LogP contribution in [0, 0.1) is 0 Å². The Morgan fingerprint density at radius 1 is 1.19 bits per heavy atom. The van der Waals surface area contributed by atoms with Gasteiger partial charge in [0.2, 0.25) is 0 Å². The normalized spacial score (nSPS) is 11.6. The molecule has 0 bridgehead atoms. The van der Waals surface area contributed by atoms with Gasteiger partial charge in [-0.15, -0.1) is 0 Å². The number of aromatic carboxylic acids is 1. The number of carboxylic acid groups (broad SMARTS) is 1. The van der Waals surface area contributed by atoms with Gasteiger partial charge < -0.3 is 10.4 Å². The second-order valence-electron chi connectivity index (χ2n) is 6.42. The molecule has 2 rings (SSSR count). The topological polar surface area (TPSA) is 73.7 Å². The van der Waals surface area contributed by atoms with Crippen molar-refractivity contribution >= 4 is 41.3 Å². The standard InChI is InChI=1S/C21H23N3O2S/c1-14(2)17-9-7-16(8-10-17)11-15(3)13-22-24-21(27)23-19-6-4-5-18(12-19)20(25)26/h4-14H,1-3H3,(H,25,26)(H2,23,24,27)/b15-11-,22-13?. The predicted octanol–water partition coefficient (Wildman–Crippen LogP) is 4.88. The molecule has 0 atom stereocenters. The second kappa shape index (κ2) is 9.64. The van der Waals surface area contributed by atoms with Gasteiger partial charge in [0.15, 0.2) is 5.11 Å². The molecule has 2 aromatic carbocycles. The van der Waals surface area contributed by atoms with Crippen LogP contribution in [-0.2, 0) is 0 Å². The van der Waals surface area contributed by atoms with Crippen molar-refractivity contribution < 1.29 is 9.90 Å². The summed E-state index contributed by atoms with van der Waals surface area (Å²) in [7, 11) is 0. The van der Waals surface area contributed by atoms with Gasteiger partial charge in [0.1, 0.15) is 0 Å². The summed E-state index contributed by atoms with van der Waals surface area (Å²) in [6.07, 6.45) is 3.71. The summed E-state index contributed by atoms with van der Waals surface area (Å²) in [5.41, 5.74) is 6.88. The van der Waals surface area contributed by atoms with Crippen molar-refractivity contribution in [1.29, 1.82) is 0 Å². The van der Waals surface area contributed by atoms with Crippen LogP contribution in [0.2, 0.25) is 0 Å². The van der Waals surface area contributed by atoms with Gasteiger partial charge in [-0.3, -0.25) is 5.43 Å². The van der Waals surface area contributed by atoms with Gasteiger partial charge >= 0.3 is 5.97 Å². The molecule has 140 valence electrons. The Hall–Kier alpha value is -2.99. The van der Waals surface area contributed by atoms with Crippen molar-refractivity contribution in [1.82, 2.24) is 5.43 Å². The van der Waals surface area contributed by atoms with Gasteiger partial charge in [0.25, 0.3) is 0 Å². The number of thiocarbonyl (C=S) groups is 1. The quantitative estimate of drug-likeness (QED) is 0.378. The van der Waals surface area contributed by atoms with Crippen LogP contribution in [0.3, 0.4) is 0 Å². The molecular weight excluding hydrogens is 358 g/mol. The molecule has 0 aliphatic rings. The summed E-state index contributed by atoms with van der Waals surface area (Å²) in [5, 5.41) is 16.3. The van der Waals surface area contributed by atoms with E-state index in [0.29, 0.717) is 11.6 Å². The third kappa shape index (κ3) is 6.67. The molecular formula is C21H23N3O2S. The Bertz CT molecular complexity index is 871. The molecule has 0 aromatic heterocycles. The number of allylic oxidation sites excluding steroid dienone is 1. The van der Waals surface area contributed by atoms with Crippen LogP contribution in [0.1, 0.15) is 48.2 Å². The van der Waals surface area contributed by atoms with Crippen LogP contribution in [-0.4, -0.2) is 22.4 Å². The van der Waals surface area contributed by atoms with Crippen molar-refractivity contribution in [2.45, 2.75) is 26.7 Å². The highest BCUT2D eigenvalue weighted by atomic mass is 32.1. The third-order valence-corrected chi connectivity index (χ3v) is 3.99. The third-order valence-electron chi connectivity index (χ3n) is 3.80. The summed E-state index contributed by atoms with van der Waals surface area (Å²) < 4.78 is 0. The molecule has 27 heavy (non-hydrogen) atoms. The van der Waals surface area contributed by atoms with Gasteiger partial charge in [0.05, 0.1) is 11.8 Å². The summed E-state index contributed by atoms with van der Waals surface area (Å²) in [5.74, 6) is -0.475. The van der Waals surface area contributed by atoms with E-state index in [9.17, 15) is 4.79 Å². The van der Waals surface area contributed by atoms with E-state index in [0.717, 1.165) is 11.1 Å². The fraction of sp³-hybridized carbons (Fsp3) is 0.190. The van der Waals surface area contributed by atoms with E-state index in [1.807, 2.05) is 13.0 Å². The van der Waals surface area contributed by atoms with Gasteiger partial charge in [-0.1, -0.05) is 50.3 Å². The first-order chi connectivity index (χ1) is 12.8. The lowest BCUT2D eigenvalue weighted by molar-refractivity contribution is 0.0697. The first-order valence-electron chi connectivity index (χ1n) is 8.57. The zero-order valence-electron chi connectivity index (χ0n) is 15.6. The lowest BCUT2D eigenvalue weighted by Crippen LogP contribution is -2.24. The smallest absolute Gasteiger partial charge is 0.335 e. The van der Waals surface area contributed by atoms with E-state index >= 15 is 0 Å². The van der Waals surface area contributed by atoms with Gasteiger partial charge in [-0.2, -0.15) is 5.10 Å².